The van der Waals surface area contributed by atoms with E-state index in [9.17, 15) is 4.39 Å². The lowest BCUT2D eigenvalue weighted by Crippen LogP contribution is -2.37. The second kappa shape index (κ2) is 6.03. The van der Waals surface area contributed by atoms with Crippen molar-refractivity contribution in [1.29, 1.82) is 0 Å². The minimum Gasteiger partial charge on any atom is -0.377 e. The number of para-hydroxylation sites is 1. The zero-order valence-electron chi connectivity index (χ0n) is 10.9. The number of halogens is 1. The first-order valence-corrected chi connectivity index (χ1v) is 6.89. The van der Waals surface area contributed by atoms with Crippen LogP contribution in [0.25, 0.3) is 0 Å². The minimum absolute atomic E-state index is 0.000440. The van der Waals surface area contributed by atoms with E-state index in [0.717, 1.165) is 19.3 Å². The summed E-state index contributed by atoms with van der Waals surface area (Å²) in [6.07, 6.45) is 10.1. The fraction of sp³-hybridized carbons (Fsp3) is 0.500. The fourth-order valence-electron chi connectivity index (χ4n) is 2.91. The molecule has 1 saturated carbocycles. The third-order valence-electron chi connectivity index (χ3n) is 3.87. The van der Waals surface area contributed by atoms with Gasteiger partial charge in [-0.1, -0.05) is 43.9 Å². The molecule has 0 aliphatic heterocycles. The van der Waals surface area contributed by atoms with Crippen LogP contribution in [0.4, 0.5) is 10.1 Å². The van der Waals surface area contributed by atoms with E-state index < -0.39 is 0 Å². The van der Waals surface area contributed by atoms with Crippen molar-refractivity contribution in [3.05, 3.63) is 42.7 Å². The summed E-state index contributed by atoms with van der Waals surface area (Å²) in [6, 6.07) is 6.95. The van der Waals surface area contributed by atoms with Crippen LogP contribution in [0.3, 0.4) is 0 Å². The van der Waals surface area contributed by atoms with Gasteiger partial charge in [-0.25, -0.2) is 4.39 Å². The van der Waals surface area contributed by atoms with Crippen LogP contribution in [-0.2, 0) is 0 Å². The lowest BCUT2D eigenvalue weighted by molar-refractivity contribution is 0.409. The molecule has 0 atom stereocenters. The Labute approximate surface area is 109 Å². The van der Waals surface area contributed by atoms with Gasteiger partial charge in [0.15, 0.2) is 0 Å². The standard InChI is InChI=1S/C16H22FN/c1-2-11-16(12-7-3-4-8-13-16)18-15-10-6-5-9-14(15)17/h2,5-6,9-10,18H,1,3-4,7-8,11-13H2. The molecular weight excluding hydrogens is 225 g/mol. The second-order valence-corrected chi connectivity index (χ2v) is 5.29. The van der Waals surface area contributed by atoms with Gasteiger partial charge in [0.1, 0.15) is 5.82 Å². The Morgan fingerprint density at radius 1 is 1.17 bits per heavy atom. The Balaban J connectivity index is 2.19. The van der Waals surface area contributed by atoms with Crippen molar-refractivity contribution in [3.8, 4) is 0 Å². The lowest BCUT2D eigenvalue weighted by Gasteiger charge is -2.34. The summed E-state index contributed by atoms with van der Waals surface area (Å²) in [5, 5.41) is 3.46. The van der Waals surface area contributed by atoms with Gasteiger partial charge in [0.25, 0.3) is 0 Å². The molecule has 1 aromatic carbocycles. The average molecular weight is 247 g/mol. The Bertz CT molecular complexity index is 392. The first-order valence-electron chi connectivity index (χ1n) is 6.89. The molecule has 0 radical (unpaired) electrons. The maximum absolute atomic E-state index is 13.8. The smallest absolute Gasteiger partial charge is 0.146 e. The van der Waals surface area contributed by atoms with E-state index >= 15 is 0 Å². The number of benzene rings is 1. The zero-order chi connectivity index (χ0) is 12.8. The molecule has 0 heterocycles. The van der Waals surface area contributed by atoms with Crippen LogP contribution >= 0.6 is 0 Å². The van der Waals surface area contributed by atoms with Crippen molar-refractivity contribution in [2.24, 2.45) is 0 Å². The van der Waals surface area contributed by atoms with Crippen LogP contribution in [0.1, 0.15) is 44.9 Å². The molecule has 1 N–H and O–H groups in total. The molecule has 1 aliphatic rings. The highest BCUT2D eigenvalue weighted by molar-refractivity contribution is 5.47. The molecule has 2 heteroatoms. The molecule has 1 nitrogen and oxygen atoms in total. The quantitative estimate of drug-likeness (QED) is 0.589. The first-order chi connectivity index (χ1) is 8.76. The SMILES string of the molecule is C=CCC1(Nc2ccccc2F)CCCCCC1. The molecule has 0 saturated heterocycles. The molecule has 0 spiro atoms. The normalized spacial score (nSPS) is 18.9. The topological polar surface area (TPSA) is 12.0 Å². The number of hydrogen-bond acceptors (Lipinski definition) is 1. The van der Waals surface area contributed by atoms with Crippen molar-refractivity contribution < 1.29 is 4.39 Å². The summed E-state index contributed by atoms with van der Waals surface area (Å²) < 4.78 is 13.8. The zero-order valence-corrected chi connectivity index (χ0v) is 10.9. The van der Waals surface area contributed by atoms with Crippen molar-refractivity contribution >= 4 is 5.69 Å². The van der Waals surface area contributed by atoms with Gasteiger partial charge in [0.05, 0.1) is 5.69 Å². The van der Waals surface area contributed by atoms with Crippen LogP contribution in [0, 0.1) is 5.82 Å². The molecule has 0 bridgehead atoms. The molecule has 0 aromatic heterocycles. The predicted molar refractivity (Wildman–Crippen MR) is 75.3 cm³/mol. The Hall–Kier alpha value is -1.31. The predicted octanol–water partition coefficient (Wildman–Crippen LogP) is 4.91. The van der Waals surface area contributed by atoms with Crippen molar-refractivity contribution in [1.82, 2.24) is 0 Å². The third kappa shape index (κ3) is 3.12. The maximum Gasteiger partial charge on any atom is 0.146 e. The number of rotatable bonds is 4. The van der Waals surface area contributed by atoms with E-state index in [2.05, 4.69) is 11.9 Å². The average Bonchev–Trinajstić information content (AvgIpc) is 2.59. The van der Waals surface area contributed by atoms with Gasteiger partial charge in [-0.2, -0.15) is 0 Å². The second-order valence-electron chi connectivity index (χ2n) is 5.29. The van der Waals surface area contributed by atoms with Gasteiger partial charge in [-0.05, 0) is 31.4 Å². The molecule has 1 aromatic rings. The Kier molecular flexibility index (Phi) is 4.40. The molecular formula is C16H22FN. The van der Waals surface area contributed by atoms with Gasteiger partial charge in [-0.15, -0.1) is 6.58 Å². The Morgan fingerprint density at radius 2 is 1.83 bits per heavy atom. The van der Waals surface area contributed by atoms with Gasteiger partial charge in [0.2, 0.25) is 0 Å². The summed E-state index contributed by atoms with van der Waals surface area (Å²) in [5.74, 6) is -0.162. The van der Waals surface area contributed by atoms with E-state index in [-0.39, 0.29) is 11.4 Å². The van der Waals surface area contributed by atoms with Crippen molar-refractivity contribution in [2.75, 3.05) is 5.32 Å². The fourth-order valence-corrected chi connectivity index (χ4v) is 2.91. The van der Waals surface area contributed by atoms with Crippen LogP contribution < -0.4 is 5.32 Å². The summed E-state index contributed by atoms with van der Waals surface area (Å²) in [5.41, 5.74) is 0.627. The highest BCUT2D eigenvalue weighted by Gasteiger charge is 2.29. The van der Waals surface area contributed by atoms with E-state index in [1.54, 1.807) is 6.07 Å². The maximum atomic E-state index is 13.8. The molecule has 1 aliphatic carbocycles. The van der Waals surface area contributed by atoms with E-state index in [0.29, 0.717) is 5.69 Å². The molecule has 2 rings (SSSR count). The highest BCUT2D eigenvalue weighted by atomic mass is 19.1. The van der Waals surface area contributed by atoms with Crippen molar-refractivity contribution in [3.63, 3.8) is 0 Å². The van der Waals surface area contributed by atoms with Crippen LogP contribution in [-0.4, -0.2) is 5.54 Å². The van der Waals surface area contributed by atoms with Crippen molar-refractivity contribution in [2.45, 2.75) is 50.5 Å². The molecule has 18 heavy (non-hydrogen) atoms. The van der Waals surface area contributed by atoms with E-state index in [1.165, 1.54) is 31.7 Å². The summed E-state index contributed by atoms with van der Waals surface area (Å²) in [7, 11) is 0. The van der Waals surface area contributed by atoms with E-state index in [4.69, 9.17) is 0 Å². The summed E-state index contributed by atoms with van der Waals surface area (Å²) in [4.78, 5) is 0. The third-order valence-corrected chi connectivity index (χ3v) is 3.87. The minimum atomic E-state index is -0.162. The monoisotopic (exact) mass is 247 g/mol. The molecule has 98 valence electrons. The molecule has 0 amide bonds. The van der Waals surface area contributed by atoms with Crippen LogP contribution in [0.5, 0.6) is 0 Å². The van der Waals surface area contributed by atoms with Gasteiger partial charge < -0.3 is 5.32 Å². The van der Waals surface area contributed by atoms with Gasteiger partial charge in [0, 0.05) is 5.54 Å². The van der Waals surface area contributed by atoms with Crippen LogP contribution in [0.15, 0.2) is 36.9 Å². The summed E-state index contributed by atoms with van der Waals surface area (Å²) >= 11 is 0. The van der Waals surface area contributed by atoms with Gasteiger partial charge in [-0.3, -0.25) is 0 Å². The Morgan fingerprint density at radius 3 is 2.44 bits per heavy atom. The lowest BCUT2D eigenvalue weighted by atomic mass is 9.86. The highest BCUT2D eigenvalue weighted by Crippen LogP contribution is 2.34. The van der Waals surface area contributed by atoms with E-state index in [1.807, 2.05) is 18.2 Å². The largest absolute Gasteiger partial charge is 0.377 e. The van der Waals surface area contributed by atoms with Crippen LogP contribution in [0.2, 0.25) is 0 Å². The summed E-state index contributed by atoms with van der Waals surface area (Å²) in [6.45, 7) is 3.86. The number of nitrogens with one attached hydrogen (secondary N) is 1. The van der Waals surface area contributed by atoms with Gasteiger partial charge >= 0.3 is 0 Å². The first kappa shape index (κ1) is 13.1. The molecule has 0 unspecified atom stereocenters. The molecule has 1 fully saturated rings. The number of anilines is 1. The number of hydrogen-bond donors (Lipinski definition) is 1.